The Balaban J connectivity index is 2.89. The van der Waals surface area contributed by atoms with Gasteiger partial charge in [-0.2, -0.15) is 0 Å². The summed E-state index contributed by atoms with van der Waals surface area (Å²) in [7, 11) is 1.68. The van der Waals surface area contributed by atoms with Crippen LogP contribution < -0.4 is 4.74 Å². The normalized spacial score (nSPS) is 10.5. The van der Waals surface area contributed by atoms with Gasteiger partial charge in [0.05, 0.1) is 7.11 Å². The maximum atomic E-state index is 5.17. The van der Waals surface area contributed by atoms with Crippen LogP contribution in [0.15, 0.2) is 30.3 Å². The van der Waals surface area contributed by atoms with Gasteiger partial charge >= 0.3 is 0 Å². The van der Waals surface area contributed by atoms with Crippen LogP contribution in [-0.4, -0.2) is 7.11 Å². The van der Waals surface area contributed by atoms with E-state index in [-0.39, 0.29) is 0 Å². The van der Waals surface area contributed by atoms with Gasteiger partial charge in [0.25, 0.3) is 0 Å². The van der Waals surface area contributed by atoms with Gasteiger partial charge in [0.15, 0.2) is 0 Å². The molecule has 1 heteroatoms. The van der Waals surface area contributed by atoms with Crippen molar-refractivity contribution in [3.8, 4) is 5.75 Å². The fraction of sp³-hybridized carbons (Fsp3) is 0.182. The summed E-state index contributed by atoms with van der Waals surface area (Å²) in [5, 5.41) is 0. The van der Waals surface area contributed by atoms with Crippen LogP contribution in [-0.2, 0) is 0 Å². The minimum Gasteiger partial charge on any atom is -0.496 e. The molecule has 0 saturated carbocycles. The zero-order chi connectivity index (χ0) is 8.81. The minimum absolute atomic E-state index is 0.804. The highest BCUT2D eigenvalue weighted by Gasteiger charge is 1.94. The van der Waals surface area contributed by atoms with Gasteiger partial charge in [0.2, 0.25) is 0 Å². The molecule has 12 heavy (non-hydrogen) atoms. The summed E-state index contributed by atoms with van der Waals surface area (Å²) in [6, 6.07) is 7.92. The Kier molecular flexibility index (Phi) is 3.39. The first-order chi connectivity index (χ1) is 5.88. The van der Waals surface area contributed by atoms with E-state index in [1.807, 2.05) is 36.4 Å². The van der Waals surface area contributed by atoms with E-state index < -0.39 is 0 Å². The second-order valence-corrected chi connectivity index (χ2v) is 2.43. The third-order valence-corrected chi connectivity index (χ3v) is 1.60. The van der Waals surface area contributed by atoms with Crippen LogP contribution in [0.4, 0.5) is 0 Å². The first-order valence-corrected chi connectivity index (χ1v) is 3.97. The van der Waals surface area contributed by atoms with Crippen molar-refractivity contribution in [2.24, 2.45) is 0 Å². The van der Waals surface area contributed by atoms with Crippen molar-refractivity contribution in [2.45, 2.75) is 6.42 Å². The van der Waals surface area contributed by atoms with Crippen molar-refractivity contribution in [1.82, 2.24) is 0 Å². The predicted molar refractivity (Wildman–Crippen MR) is 52.0 cm³/mol. The van der Waals surface area contributed by atoms with Crippen LogP contribution in [0.5, 0.6) is 5.75 Å². The summed E-state index contributed by atoms with van der Waals surface area (Å²) in [5.74, 6) is 0.905. The molecule has 1 radical (unpaired) electrons. The Morgan fingerprint density at radius 2 is 2.17 bits per heavy atom. The van der Waals surface area contributed by atoms with E-state index in [0.717, 1.165) is 17.7 Å². The van der Waals surface area contributed by atoms with E-state index >= 15 is 0 Å². The number of hydrogen-bond donors (Lipinski definition) is 0. The monoisotopic (exact) mass is 161 g/mol. The van der Waals surface area contributed by atoms with E-state index in [9.17, 15) is 0 Å². The lowest BCUT2D eigenvalue weighted by Gasteiger charge is -2.02. The van der Waals surface area contributed by atoms with Gasteiger partial charge < -0.3 is 4.74 Å². The van der Waals surface area contributed by atoms with E-state index in [1.54, 1.807) is 7.11 Å². The summed E-state index contributed by atoms with van der Waals surface area (Å²) in [4.78, 5) is 0. The molecule has 0 aliphatic heterocycles. The maximum absolute atomic E-state index is 5.17. The van der Waals surface area contributed by atoms with Crippen LogP contribution in [0.1, 0.15) is 12.0 Å². The molecule has 0 unspecified atom stereocenters. The van der Waals surface area contributed by atoms with Gasteiger partial charge in [0, 0.05) is 5.56 Å². The SMILES string of the molecule is [CH2]CC=Cc1ccccc1OC. The van der Waals surface area contributed by atoms with Crippen molar-refractivity contribution < 1.29 is 4.74 Å². The van der Waals surface area contributed by atoms with Crippen molar-refractivity contribution in [3.63, 3.8) is 0 Å². The highest BCUT2D eigenvalue weighted by Crippen LogP contribution is 2.18. The quantitative estimate of drug-likeness (QED) is 0.662. The predicted octanol–water partition coefficient (Wildman–Crippen LogP) is 2.93. The molecule has 1 aromatic carbocycles. The number of allylic oxidation sites excluding steroid dienone is 1. The Labute approximate surface area is 73.7 Å². The summed E-state index contributed by atoms with van der Waals surface area (Å²) in [6.07, 6.45) is 4.84. The molecule has 0 saturated heterocycles. The number of ether oxygens (including phenoxy) is 1. The molecule has 1 aromatic rings. The van der Waals surface area contributed by atoms with Crippen molar-refractivity contribution in [3.05, 3.63) is 42.8 Å². The number of benzene rings is 1. The minimum atomic E-state index is 0.804. The Morgan fingerprint density at radius 3 is 2.83 bits per heavy atom. The average molecular weight is 161 g/mol. The molecular weight excluding hydrogens is 148 g/mol. The van der Waals surface area contributed by atoms with Crippen LogP contribution in [0.25, 0.3) is 6.08 Å². The zero-order valence-corrected chi connectivity index (χ0v) is 7.29. The third kappa shape index (κ3) is 2.12. The molecule has 0 spiro atoms. The van der Waals surface area contributed by atoms with E-state index in [0.29, 0.717) is 0 Å². The molecule has 1 nitrogen and oxygen atoms in total. The van der Waals surface area contributed by atoms with Crippen molar-refractivity contribution in [1.29, 1.82) is 0 Å². The molecule has 0 aliphatic carbocycles. The molecule has 0 heterocycles. The fourth-order valence-electron chi connectivity index (χ4n) is 1.01. The molecule has 0 bridgehead atoms. The van der Waals surface area contributed by atoms with E-state index in [2.05, 4.69) is 6.92 Å². The van der Waals surface area contributed by atoms with Gasteiger partial charge in [0.1, 0.15) is 5.75 Å². The number of rotatable bonds is 3. The van der Waals surface area contributed by atoms with E-state index in [4.69, 9.17) is 4.74 Å². The Morgan fingerprint density at radius 1 is 1.42 bits per heavy atom. The topological polar surface area (TPSA) is 9.23 Å². The highest BCUT2D eigenvalue weighted by atomic mass is 16.5. The van der Waals surface area contributed by atoms with Crippen LogP contribution >= 0.6 is 0 Å². The molecule has 0 aromatic heterocycles. The zero-order valence-electron chi connectivity index (χ0n) is 7.29. The van der Waals surface area contributed by atoms with Crippen molar-refractivity contribution in [2.75, 3.05) is 7.11 Å². The lowest BCUT2D eigenvalue weighted by molar-refractivity contribution is 0.414. The molecule has 0 amide bonds. The van der Waals surface area contributed by atoms with Crippen LogP contribution in [0, 0.1) is 6.92 Å². The molecule has 0 N–H and O–H groups in total. The first kappa shape index (κ1) is 8.85. The van der Waals surface area contributed by atoms with Gasteiger partial charge in [-0.15, -0.1) is 0 Å². The molecule has 63 valence electrons. The first-order valence-electron chi connectivity index (χ1n) is 3.97. The summed E-state index contributed by atoms with van der Waals surface area (Å²) in [5.41, 5.74) is 1.10. The second kappa shape index (κ2) is 4.60. The van der Waals surface area contributed by atoms with E-state index in [1.165, 1.54) is 0 Å². The standard InChI is InChI=1S/C11H13O/c1-3-4-7-10-8-5-6-9-11(10)12-2/h4-9H,1,3H2,2H3. The fourth-order valence-corrected chi connectivity index (χ4v) is 1.01. The summed E-state index contributed by atoms with van der Waals surface area (Å²) < 4.78 is 5.17. The lowest BCUT2D eigenvalue weighted by atomic mass is 10.2. The summed E-state index contributed by atoms with van der Waals surface area (Å²) in [6.45, 7) is 3.73. The molecule has 0 atom stereocenters. The molecule has 0 fully saturated rings. The highest BCUT2D eigenvalue weighted by molar-refractivity contribution is 5.56. The van der Waals surface area contributed by atoms with Crippen molar-refractivity contribution >= 4 is 6.08 Å². The van der Waals surface area contributed by atoms with Gasteiger partial charge in [-0.25, -0.2) is 0 Å². The average Bonchev–Trinajstić information content (AvgIpc) is 2.15. The smallest absolute Gasteiger partial charge is 0.126 e. The van der Waals surface area contributed by atoms with Gasteiger partial charge in [-0.1, -0.05) is 30.4 Å². The Bertz CT molecular complexity index is 263. The van der Waals surface area contributed by atoms with Crippen LogP contribution in [0.3, 0.4) is 0 Å². The van der Waals surface area contributed by atoms with Gasteiger partial charge in [-0.05, 0) is 19.4 Å². The second-order valence-electron chi connectivity index (χ2n) is 2.43. The lowest BCUT2D eigenvalue weighted by Crippen LogP contribution is -1.85. The van der Waals surface area contributed by atoms with Crippen LogP contribution in [0.2, 0.25) is 0 Å². The summed E-state index contributed by atoms with van der Waals surface area (Å²) >= 11 is 0. The third-order valence-electron chi connectivity index (χ3n) is 1.60. The Hall–Kier alpha value is -1.24. The number of para-hydroxylation sites is 1. The van der Waals surface area contributed by atoms with Gasteiger partial charge in [-0.3, -0.25) is 0 Å². The molecule has 0 aliphatic rings. The molecule has 1 rings (SSSR count). The largest absolute Gasteiger partial charge is 0.496 e. The number of methoxy groups -OCH3 is 1. The number of hydrogen-bond acceptors (Lipinski definition) is 1. The molecular formula is C11H13O. The maximum Gasteiger partial charge on any atom is 0.126 e.